The maximum absolute atomic E-state index is 10.6. The maximum atomic E-state index is 10.6. The molecule has 98 valence electrons. The lowest BCUT2D eigenvalue weighted by Gasteiger charge is -2.19. The van der Waals surface area contributed by atoms with Gasteiger partial charge in [-0.25, -0.2) is 0 Å². The highest BCUT2D eigenvalue weighted by molar-refractivity contribution is 6.31. The largest absolute Gasteiger partial charge is 0.327 e. The summed E-state index contributed by atoms with van der Waals surface area (Å²) in [4.78, 5) is 10.2. The van der Waals surface area contributed by atoms with Crippen LogP contribution in [-0.4, -0.2) is 11.0 Å². The number of halogens is 1. The summed E-state index contributed by atoms with van der Waals surface area (Å²) < 4.78 is 0. The number of hydrogen-bond donors (Lipinski definition) is 1. The summed E-state index contributed by atoms with van der Waals surface area (Å²) in [6.45, 7) is 0. The van der Waals surface area contributed by atoms with Gasteiger partial charge in [-0.3, -0.25) is 10.1 Å². The molecule has 0 spiro atoms. The topological polar surface area (TPSA) is 69.2 Å². The van der Waals surface area contributed by atoms with E-state index in [0.717, 1.165) is 5.56 Å². The van der Waals surface area contributed by atoms with Crippen molar-refractivity contribution in [3.8, 4) is 0 Å². The van der Waals surface area contributed by atoms with Crippen LogP contribution in [0.15, 0.2) is 18.2 Å². The van der Waals surface area contributed by atoms with E-state index in [9.17, 15) is 10.1 Å². The minimum atomic E-state index is -0.438. The molecule has 1 unspecified atom stereocenters. The lowest BCUT2D eigenvalue weighted by molar-refractivity contribution is -0.384. The third-order valence-corrected chi connectivity index (χ3v) is 4.06. The van der Waals surface area contributed by atoms with Crippen molar-refractivity contribution < 1.29 is 4.92 Å². The van der Waals surface area contributed by atoms with Gasteiger partial charge in [-0.1, -0.05) is 30.5 Å². The van der Waals surface area contributed by atoms with Gasteiger partial charge in [-0.05, 0) is 30.7 Å². The van der Waals surface area contributed by atoms with Crippen LogP contribution >= 0.6 is 11.6 Å². The molecule has 1 aliphatic rings. The smallest absolute Gasteiger partial charge is 0.270 e. The molecule has 1 fully saturated rings. The highest BCUT2D eigenvalue weighted by Gasteiger charge is 2.23. The molecule has 1 atom stereocenters. The van der Waals surface area contributed by atoms with E-state index >= 15 is 0 Å². The maximum Gasteiger partial charge on any atom is 0.270 e. The molecule has 0 bridgehead atoms. The minimum absolute atomic E-state index is 0.0261. The molecule has 1 saturated carbocycles. The van der Waals surface area contributed by atoms with Gasteiger partial charge in [-0.2, -0.15) is 0 Å². The summed E-state index contributed by atoms with van der Waals surface area (Å²) in [6.07, 6.45) is 5.58. The van der Waals surface area contributed by atoms with Crippen molar-refractivity contribution >= 4 is 17.3 Å². The van der Waals surface area contributed by atoms with Crippen LogP contribution < -0.4 is 5.73 Å². The van der Waals surface area contributed by atoms with E-state index in [4.69, 9.17) is 17.3 Å². The van der Waals surface area contributed by atoms with Crippen molar-refractivity contribution in [2.75, 3.05) is 0 Å². The highest BCUT2D eigenvalue weighted by Crippen LogP contribution is 2.30. The van der Waals surface area contributed by atoms with E-state index in [1.54, 1.807) is 6.07 Å². The van der Waals surface area contributed by atoms with Crippen LogP contribution in [0.1, 0.15) is 31.2 Å². The minimum Gasteiger partial charge on any atom is -0.327 e. The van der Waals surface area contributed by atoms with Crippen molar-refractivity contribution in [3.05, 3.63) is 38.9 Å². The van der Waals surface area contributed by atoms with Crippen molar-refractivity contribution in [1.29, 1.82) is 0 Å². The summed E-state index contributed by atoms with van der Waals surface area (Å²) >= 11 is 6.06. The highest BCUT2D eigenvalue weighted by atomic mass is 35.5. The third kappa shape index (κ3) is 3.00. The number of benzene rings is 1. The molecule has 1 aromatic rings. The Morgan fingerprint density at radius 1 is 1.44 bits per heavy atom. The molecule has 4 nitrogen and oxygen atoms in total. The lowest BCUT2D eigenvalue weighted by atomic mass is 9.93. The first kappa shape index (κ1) is 13.3. The van der Waals surface area contributed by atoms with Gasteiger partial charge in [0.1, 0.15) is 0 Å². The molecule has 18 heavy (non-hydrogen) atoms. The number of nitro benzene ring substituents is 1. The number of nitrogens with two attached hydrogens (primary N) is 1. The van der Waals surface area contributed by atoms with E-state index in [1.165, 1.54) is 37.8 Å². The van der Waals surface area contributed by atoms with Gasteiger partial charge >= 0.3 is 0 Å². The van der Waals surface area contributed by atoms with Gasteiger partial charge in [0.15, 0.2) is 0 Å². The van der Waals surface area contributed by atoms with Gasteiger partial charge in [0.2, 0.25) is 0 Å². The van der Waals surface area contributed by atoms with E-state index in [0.29, 0.717) is 17.4 Å². The van der Waals surface area contributed by atoms with Crippen molar-refractivity contribution in [2.45, 2.75) is 38.1 Å². The Labute approximate surface area is 111 Å². The summed E-state index contributed by atoms with van der Waals surface area (Å²) in [5.74, 6) is 0.566. The average Bonchev–Trinajstić information content (AvgIpc) is 2.85. The molecular formula is C13H17ClN2O2. The average molecular weight is 269 g/mol. The Bertz CT molecular complexity index is 445. The van der Waals surface area contributed by atoms with Crippen molar-refractivity contribution in [2.24, 2.45) is 11.7 Å². The van der Waals surface area contributed by atoms with Gasteiger partial charge in [0.25, 0.3) is 5.69 Å². The van der Waals surface area contributed by atoms with Crippen LogP contribution in [0.3, 0.4) is 0 Å². The predicted octanol–water partition coefficient (Wildman–Crippen LogP) is 3.31. The zero-order valence-electron chi connectivity index (χ0n) is 10.1. The molecule has 0 amide bonds. The Balaban J connectivity index is 2.06. The third-order valence-electron chi connectivity index (χ3n) is 3.71. The van der Waals surface area contributed by atoms with Crippen LogP contribution in [0.4, 0.5) is 5.69 Å². The second-order valence-electron chi connectivity index (χ2n) is 4.95. The summed E-state index contributed by atoms with van der Waals surface area (Å²) in [5, 5.41) is 11.1. The van der Waals surface area contributed by atoms with Gasteiger partial charge in [-0.15, -0.1) is 0 Å². The van der Waals surface area contributed by atoms with Crippen LogP contribution in [0, 0.1) is 16.0 Å². The molecule has 1 aromatic carbocycles. The predicted molar refractivity (Wildman–Crippen MR) is 71.7 cm³/mol. The Morgan fingerprint density at radius 3 is 2.67 bits per heavy atom. The fraction of sp³-hybridized carbons (Fsp3) is 0.538. The number of nitro groups is 1. The van der Waals surface area contributed by atoms with Gasteiger partial charge < -0.3 is 5.73 Å². The number of hydrogen-bond acceptors (Lipinski definition) is 3. The number of nitrogens with zero attached hydrogens (tertiary/aromatic N) is 1. The number of rotatable bonds is 4. The van der Waals surface area contributed by atoms with E-state index in [1.807, 2.05) is 0 Å². The summed E-state index contributed by atoms with van der Waals surface area (Å²) in [5.41, 5.74) is 7.12. The molecule has 5 heteroatoms. The summed E-state index contributed by atoms with van der Waals surface area (Å²) in [7, 11) is 0. The second-order valence-corrected chi connectivity index (χ2v) is 5.35. The zero-order valence-corrected chi connectivity index (χ0v) is 10.9. The number of non-ortho nitro benzene ring substituents is 1. The standard InChI is InChI=1S/C13H17ClN2O2/c14-12-8-11(16(17)18)6-5-10(12)7-13(15)9-3-1-2-4-9/h5-6,8-9,13H,1-4,7,15H2. The fourth-order valence-electron chi connectivity index (χ4n) is 2.62. The molecule has 0 radical (unpaired) electrons. The SMILES string of the molecule is NC(Cc1ccc([N+](=O)[O-])cc1Cl)C1CCCC1. The van der Waals surface area contributed by atoms with E-state index in [2.05, 4.69) is 0 Å². The first-order valence-corrected chi connectivity index (χ1v) is 6.64. The van der Waals surface area contributed by atoms with Crippen molar-refractivity contribution in [1.82, 2.24) is 0 Å². The molecule has 0 aliphatic heterocycles. The monoisotopic (exact) mass is 268 g/mol. The van der Waals surface area contributed by atoms with Crippen LogP contribution in [-0.2, 0) is 6.42 Å². The molecular weight excluding hydrogens is 252 g/mol. The quantitative estimate of drug-likeness (QED) is 0.673. The molecule has 2 rings (SSSR count). The van der Waals surface area contributed by atoms with Crippen molar-refractivity contribution in [3.63, 3.8) is 0 Å². The first-order valence-electron chi connectivity index (χ1n) is 6.26. The Kier molecular flexibility index (Phi) is 4.19. The Hall–Kier alpha value is -1.13. The molecule has 0 saturated heterocycles. The van der Waals surface area contributed by atoms with E-state index < -0.39 is 4.92 Å². The molecule has 2 N–H and O–H groups in total. The van der Waals surface area contributed by atoms with Crippen LogP contribution in [0.5, 0.6) is 0 Å². The summed E-state index contributed by atoms with van der Waals surface area (Å²) in [6, 6.07) is 4.71. The molecule has 0 heterocycles. The van der Waals surface area contributed by atoms with Gasteiger partial charge in [0, 0.05) is 18.2 Å². The molecule has 1 aliphatic carbocycles. The normalized spacial score (nSPS) is 17.9. The lowest BCUT2D eigenvalue weighted by Crippen LogP contribution is -2.30. The van der Waals surface area contributed by atoms with Gasteiger partial charge in [0.05, 0.1) is 9.95 Å². The molecule has 0 aromatic heterocycles. The van der Waals surface area contributed by atoms with Crippen LogP contribution in [0.25, 0.3) is 0 Å². The first-order chi connectivity index (χ1) is 8.58. The second kappa shape index (κ2) is 5.67. The zero-order chi connectivity index (χ0) is 13.1. The van der Waals surface area contributed by atoms with E-state index in [-0.39, 0.29) is 11.7 Å². The Morgan fingerprint density at radius 2 is 2.11 bits per heavy atom. The van der Waals surface area contributed by atoms with Crippen LogP contribution in [0.2, 0.25) is 5.02 Å². The fourth-order valence-corrected chi connectivity index (χ4v) is 2.87.